The fourth-order valence-corrected chi connectivity index (χ4v) is 4.22. The van der Waals surface area contributed by atoms with Crippen LogP contribution >= 0.6 is 11.6 Å². The van der Waals surface area contributed by atoms with E-state index in [-0.39, 0.29) is 5.91 Å². The summed E-state index contributed by atoms with van der Waals surface area (Å²) in [5.41, 5.74) is 3.01. The van der Waals surface area contributed by atoms with Crippen molar-refractivity contribution in [3.63, 3.8) is 0 Å². The normalized spacial score (nSPS) is 18.9. The lowest BCUT2D eigenvalue weighted by Crippen LogP contribution is -2.51. The number of rotatable bonds is 5. The zero-order valence-corrected chi connectivity index (χ0v) is 17.6. The molecule has 4 rings (SSSR count). The van der Waals surface area contributed by atoms with Crippen LogP contribution in [0.4, 0.5) is 0 Å². The first kappa shape index (κ1) is 20.3. The van der Waals surface area contributed by atoms with E-state index in [2.05, 4.69) is 14.9 Å². The van der Waals surface area contributed by atoms with Crippen LogP contribution in [-0.2, 0) is 16.1 Å². The molecular weight excluding hydrogens is 390 g/mol. The highest BCUT2D eigenvalue weighted by Crippen LogP contribution is 2.25. The molecule has 3 heterocycles. The van der Waals surface area contributed by atoms with Crippen LogP contribution in [0.2, 0.25) is 5.15 Å². The highest BCUT2D eigenvalue weighted by Gasteiger charge is 2.24. The number of halogens is 1. The van der Waals surface area contributed by atoms with Crippen LogP contribution in [0.15, 0.2) is 30.3 Å². The van der Waals surface area contributed by atoms with Crippen molar-refractivity contribution in [2.45, 2.75) is 13.5 Å². The van der Waals surface area contributed by atoms with E-state index in [0.29, 0.717) is 38.0 Å². The Kier molecular flexibility index (Phi) is 6.50. The van der Waals surface area contributed by atoms with Gasteiger partial charge in [0.25, 0.3) is 0 Å². The number of benzene rings is 1. The van der Waals surface area contributed by atoms with Crippen LogP contribution < -0.4 is 0 Å². The van der Waals surface area contributed by atoms with Gasteiger partial charge in [0, 0.05) is 51.4 Å². The van der Waals surface area contributed by atoms with Crippen molar-refractivity contribution in [1.82, 2.24) is 24.5 Å². The van der Waals surface area contributed by atoms with Crippen LogP contribution in [0.5, 0.6) is 0 Å². The number of nitrogens with zero attached hydrogens (tertiary/aromatic N) is 5. The second-order valence-electron chi connectivity index (χ2n) is 7.65. The smallest absolute Gasteiger partial charge is 0.236 e. The van der Waals surface area contributed by atoms with Gasteiger partial charge in [-0.2, -0.15) is 5.10 Å². The van der Waals surface area contributed by atoms with Crippen LogP contribution in [0, 0.1) is 6.92 Å². The summed E-state index contributed by atoms with van der Waals surface area (Å²) < 4.78 is 7.14. The predicted octanol–water partition coefficient (Wildman–Crippen LogP) is 1.81. The fraction of sp³-hybridized carbons (Fsp3) is 0.524. The summed E-state index contributed by atoms with van der Waals surface area (Å²) in [7, 11) is 0. The van der Waals surface area contributed by atoms with Crippen LogP contribution in [0.1, 0.15) is 11.3 Å². The van der Waals surface area contributed by atoms with Gasteiger partial charge in [0.15, 0.2) is 0 Å². The van der Waals surface area contributed by atoms with Crippen molar-refractivity contribution >= 4 is 17.5 Å². The molecule has 2 aliphatic rings. The molecule has 0 spiro atoms. The lowest BCUT2D eigenvalue weighted by atomic mass is 10.2. The van der Waals surface area contributed by atoms with E-state index >= 15 is 0 Å². The number of carbonyl (C=O) groups is 1. The van der Waals surface area contributed by atoms with Gasteiger partial charge in [0.1, 0.15) is 5.15 Å². The third kappa shape index (κ3) is 4.80. The number of hydrogen-bond donors (Lipinski definition) is 0. The second-order valence-corrected chi connectivity index (χ2v) is 8.01. The van der Waals surface area contributed by atoms with Gasteiger partial charge in [0.05, 0.1) is 31.1 Å². The topological polar surface area (TPSA) is 53.8 Å². The number of piperazine rings is 1. The summed E-state index contributed by atoms with van der Waals surface area (Å²) >= 11 is 6.67. The standard InChI is InChI=1S/C21H28ClN5O2/c1-17-19(21(22)27(23-17)18-5-3-2-4-6-18)15-24-7-9-25(10-8-24)16-20(28)26-11-13-29-14-12-26/h2-6H,7-16H2,1H3. The molecule has 2 aromatic rings. The maximum absolute atomic E-state index is 12.5. The monoisotopic (exact) mass is 417 g/mol. The average molecular weight is 418 g/mol. The minimum Gasteiger partial charge on any atom is -0.378 e. The number of aryl methyl sites for hydroxylation is 1. The number of hydrogen-bond acceptors (Lipinski definition) is 5. The Labute approximate surface area is 176 Å². The largest absolute Gasteiger partial charge is 0.378 e. The quantitative estimate of drug-likeness (QED) is 0.742. The Hall–Kier alpha value is -1.93. The van der Waals surface area contributed by atoms with Gasteiger partial charge >= 0.3 is 0 Å². The molecule has 2 fully saturated rings. The molecule has 0 saturated carbocycles. The van der Waals surface area contributed by atoms with Crippen molar-refractivity contribution in [3.05, 3.63) is 46.7 Å². The number of ether oxygens (including phenoxy) is 1. The summed E-state index contributed by atoms with van der Waals surface area (Å²) in [5, 5.41) is 5.32. The number of amides is 1. The predicted molar refractivity (Wildman–Crippen MR) is 112 cm³/mol. The van der Waals surface area contributed by atoms with Gasteiger partial charge in [0.2, 0.25) is 5.91 Å². The molecule has 29 heavy (non-hydrogen) atoms. The molecular formula is C21H28ClN5O2. The Bertz CT molecular complexity index is 827. The van der Waals surface area contributed by atoms with E-state index in [1.165, 1.54) is 0 Å². The van der Waals surface area contributed by atoms with E-state index in [1.54, 1.807) is 0 Å². The number of carbonyl (C=O) groups excluding carboxylic acids is 1. The number of morpholine rings is 1. The SMILES string of the molecule is Cc1nn(-c2ccccc2)c(Cl)c1CN1CCN(CC(=O)N2CCOCC2)CC1. The van der Waals surface area contributed by atoms with Crippen molar-refractivity contribution in [2.75, 3.05) is 59.0 Å². The van der Waals surface area contributed by atoms with E-state index in [1.807, 2.05) is 46.8 Å². The third-order valence-electron chi connectivity index (χ3n) is 5.69. The molecule has 156 valence electrons. The highest BCUT2D eigenvalue weighted by atomic mass is 35.5. The first-order valence-corrected chi connectivity index (χ1v) is 10.6. The maximum atomic E-state index is 12.5. The first-order valence-electron chi connectivity index (χ1n) is 10.2. The summed E-state index contributed by atoms with van der Waals surface area (Å²) in [6.45, 7) is 9.63. The van der Waals surface area contributed by atoms with E-state index in [0.717, 1.165) is 49.7 Å². The molecule has 0 N–H and O–H groups in total. The summed E-state index contributed by atoms with van der Waals surface area (Å²) in [6.07, 6.45) is 0. The van der Waals surface area contributed by atoms with Gasteiger partial charge in [-0.1, -0.05) is 29.8 Å². The highest BCUT2D eigenvalue weighted by molar-refractivity contribution is 6.30. The van der Waals surface area contributed by atoms with Gasteiger partial charge in [-0.3, -0.25) is 14.6 Å². The molecule has 0 unspecified atom stereocenters. The van der Waals surface area contributed by atoms with Gasteiger partial charge in [-0.05, 0) is 19.1 Å². The zero-order chi connectivity index (χ0) is 20.2. The number of para-hydroxylation sites is 1. The molecule has 0 radical (unpaired) electrons. The van der Waals surface area contributed by atoms with Crippen LogP contribution in [0.25, 0.3) is 5.69 Å². The van der Waals surface area contributed by atoms with E-state index in [9.17, 15) is 4.79 Å². The van der Waals surface area contributed by atoms with Crippen LogP contribution in [-0.4, -0.2) is 89.4 Å². The van der Waals surface area contributed by atoms with E-state index in [4.69, 9.17) is 16.3 Å². The molecule has 1 amide bonds. The Morgan fingerprint density at radius 3 is 2.38 bits per heavy atom. The molecule has 1 aromatic carbocycles. The summed E-state index contributed by atoms with van der Waals surface area (Å²) in [6, 6.07) is 9.97. The molecule has 2 aliphatic heterocycles. The van der Waals surface area contributed by atoms with E-state index < -0.39 is 0 Å². The lowest BCUT2D eigenvalue weighted by Gasteiger charge is -2.36. The Morgan fingerprint density at radius 1 is 1.03 bits per heavy atom. The molecule has 1 aromatic heterocycles. The minimum absolute atomic E-state index is 0.213. The Morgan fingerprint density at radius 2 is 1.69 bits per heavy atom. The fourth-order valence-electron chi connectivity index (χ4n) is 3.88. The average Bonchev–Trinajstić information content (AvgIpc) is 3.04. The van der Waals surface area contributed by atoms with Crippen molar-refractivity contribution < 1.29 is 9.53 Å². The Balaban J connectivity index is 1.32. The van der Waals surface area contributed by atoms with Gasteiger partial charge in [-0.25, -0.2) is 4.68 Å². The maximum Gasteiger partial charge on any atom is 0.236 e. The van der Waals surface area contributed by atoms with Crippen molar-refractivity contribution in [1.29, 1.82) is 0 Å². The third-order valence-corrected chi connectivity index (χ3v) is 6.08. The van der Waals surface area contributed by atoms with Crippen molar-refractivity contribution in [2.24, 2.45) is 0 Å². The van der Waals surface area contributed by atoms with Crippen molar-refractivity contribution in [3.8, 4) is 5.69 Å². The second kappa shape index (κ2) is 9.26. The molecule has 0 bridgehead atoms. The summed E-state index contributed by atoms with van der Waals surface area (Å²) in [4.78, 5) is 19.0. The lowest BCUT2D eigenvalue weighted by molar-refractivity contribution is -0.136. The number of aromatic nitrogens is 2. The molecule has 8 heteroatoms. The molecule has 0 atom stereocenters. The molecule has 7 nitrogen and oxygen atoms in total. The summed E-state index contributed by atoms with van der Waals surface area (Å²) in [5.74, 6) is 0.213. The zero-order valence-electron chi connectivity index (χ0n) is 16.9. The van der Waals surface area contributed by atoms with Crippen LogP contribution in [0.3, 0.4) is 0 Å². The first-order chi connectivity index (χ1) is 14.1. The van der Waals surface area contributed by atoms with Gasteiger partial charge in [-0.15, -0.1) is 0 Å². The van der Waals surface area contributed by atoms with Gasteiger partial charge < -0.3 is 9.64 Å². The molecule has 0 aliphatic carbocycles. The molecule has 2 saturated heterocycles. The minimum atomic E-state index is 0.213.